The molecule has 0 fully saturated rings. The van der Waals surface area contributed by atoms with Crippen molar-refractivity contribution in [2.24, 2.45) is 0 Å². The molecule has 0 atom stereocenters. The van der Waals surface area contributed by atoms with Gasteiger partial charge in [0.05, 0.1) is 4.88 Å². The Balaban J connectivity index is 1.83. The number of hydrogen-bond donors (Lipinski definition) is 0. The Morgan fingerprint density at radius 2 is 1.87 bits per heavy atom. The summed E-state index contributed by atoms with van der Waals surface area (Å²) in [6, 6.07) is 9.12. The van der Waals surface area contributed by atoms with Gasteiger partial charge in [0.25, 0.3) is 17.4 Å². The first kappa shape index (κ1) is 20.0. The Bertz CT molecular complexity index is 1170. The number of rotatable bonds is 3. The minimum Gasteiger partial charge on any atom is -0.345 e. The molecule has 6 nitrogen and oxygen atoms in total. The molecule has 30 heavy (non-hydrogen) atoms. The van der Waals surface area contributed by atoms with Crippen LogP contribution in [0.15, 0.2) is 52.8 Å². The Morgan fingerprint density at radius 1 is 1.13 bits per heavy atom. The van der Waals surface area contributed by atoms with Crippen LogP contribution in [0.1, 0.15) is 31.2 Å². The first-order chi connectivity index (χ1) is 14.4. The highest BCUT2D eigenvalue weighted by atomic mass is 32.1. The Hall–Kier alpha value is -3.26. The van der Waals surface area contributed by atoms with Crippen LogP contribution in [-0.2, 0) is 13.0 Å². The van der Waals surface area contributed by atoms with Crippen LogP contribution in [0.5, 0.6) is 0 Å². The number of nitrogens with zero attached hydrogens (tertiary/aromatic N) is 3. The third-order valence-electron chi connectivity index (χ3n) is 5.14. The Morgan fingerprint density at radius 3 is 2.50 bits per heavy atom. The lowest BCUT2D eigenvalue weighted by Crippen LogP contribution is -2.40. The van der Waals surface area contributed by atoms with Crippen LogP contribution in [0.25, 0.3) is 5.69 Å². The van der Waals surface area contributed by atoms with E-state index in [9.17, 15) is 18.8 Å². The fourth-order valence-electron chi connectivity index (χ4n) is 3.62. The number of carbonyl (C=O) groups is 2. The molecule has 0 N–H and O–H groups in total. The van der Waals surface area contributed by atoms with Crippen LogP contribution in [0.2, 0.25) is 0 Å². The van der Waals surface area contributed by atoms with Gasteiger partial charge in [0, 0.05) is 39.1 Å². The maximum absolute atomic E-state index is 13.4. The van der Waals surface area contributed by atoms with Crippen molar-refractivity contribution >= 4 is 23.2 Å². The summed E-state index contributed by atoms with van der Waals surface area (Å²) >= 11 is 1.38. The zero-order chi connectivity index (χ0) is 21.4. The summed E-state index contributed by atoms with van der Waals surface area (Å²) < 4.78 is 14.7. The second kappa shape index (κ2) is 7.87. The van der Waals surface area contributed by atoms with E-state index in [0.29, 0.717) is 35.6 Å². The van der Waals surface area contributed by atoms with E-state index >= 15 is 0 Å². The molecule has 0 aliphatic carbocycles. The average molecular weight is 425 g/mol. The van der Waals surface area contributed by atoms with E-state index < -0.39 is 11.4 Å². The molecule has 8 heteroatoms. The molecule has 0 saturated carbocycles. The monoisotopic (exact) mass is 425 g/mol. The van der Waals surface area contributed by atoms with Crippen molar-refractivity contribution in [3.63, 3.8) is 0 Å². The largest absolute Gasteiger partial charge is 0.345 e. The quantitative estimate of drug-likeness (QED) is 0.648. The molecule has 0 radical (unpaired) electrons. The fourth-order valence-corrected chi connectivity index (χ4v) is 4.31. The van der Waals surface area contributed by atoms with Crippen LogP contribution < -0.4 is 5.56 Å². The van der Waals surface area contributed by atoms with Crippen molar-refractivity contribution in [1.29, 1.82) is 0 Å². The fraction of sp³-hybridized carbons (Fsp3) is 0.227. The molecule has 1 aliphatic heterocycles. The van der Waals surface area contributed by atoms with Crippen molar-refractivity contribution in [3.8, 4) is 5.69 Å². The highest BCUT2D eigenvalue weighted by Gasteiger charge is 2.29. The van der Waals surface area contributed by atoms with Gasteiger partial charge in [-0.25, -0.2) is 4.39 Å². The van der Waals surface area contributed by atoms with E-state index in [-0.39, 0.29) is 17.4 Å². The third-order valence-corrected chi connectivity index (χ3v) is 6.00. The lowest BCUT2D eigenvalue weighted by molar-refractivity contribution is 0.0738. The van der Waals surface area contributed by atoms with Gasteiger partial charge in [-0.1, -0.05) is 6.07 Å². The minimum atomic E-state index is -0.447. The number of aromatic nitrogens is 1. The summed E-state index contributed by atoms with van der Waals surface area (Å²) in [5.41, 5.74) is 1.52. The second-order valence-electron chi connectivity index (χ2n) is 7.31. The highest BCUT2D eigenvalue weighted by molar-refractivity contribution is 7.12. The van der Waals surface area contributed by atoms with Gasteiger partial charge >= 0.3 is 0 Å². The van der Waals surface area contributed by atoms with Crippen LogP contribution in [-0.4, -0.2) is 46.8 Å². The summed E-state index contributed by atoms with van der Waals surface area (Å²) in [5, 5.41) is 1.85. The zero-order valence-electron chi connectivity index (χ0n) is 16.6. The van der Waals surface area contributed by atoms with Gasteiger partial charge in [0.1, 0.15) is 11.4 Å². The van der Waals surface area contributed by atoms with Gasteiger partial charge in [-0.2, -0.15) is 0 Å². The topological polar surface area (TPSA) is 62.6 Å². The van der Waals surface area contributed by atoms with Crippen LogP contribution in [0, 0.1) is 5.82 Å². The number of carbonyl (C=O) groups excluding carboxylic acids is 2. The molecule has 1 aliphatic rings. The number of pyridine rings is 1. The van der Waals surface area contributed by atoms with E-state index in [1.54, 1.807) is 31.3 Å². The average Bonchev–Trinajstić information content (AvgIpc) is 3.27. The third kappa shape index (κ3) is 3.54. The Labute approximate surface area is 176 Å². The van der Waals surface area contributed by atoms with Crippen LogP contribution >= 0.6 is 11.3 Å². The normalized spacial score (nSPS) is 13.1. The van der Waals surface area contributed by atoms with E-state index in [2.05, 4.69) is 0 Å². The van der Waals surface area contributed by atoms with Gasteiger partial charge in [-0.05, 0) is 53.3 Å². The van der Waals surface area contributed by atoms with Gasteiger partial charge in [-0.15, -0.1) is 11.3 Å². The lowest BCUT2D eigenvalue weighted by atomic mass is 9.95. The molecule has 2 amide bonds. The molecular weight excluding hydrogens is 405 g/mol. The number of amides is 2. The van der Waals surface area contributed by atoms with Gasteiger partial charge in [-0.3, -0.25) is 19.0 Å². The predicted octanol–water partition coefficient (Wildman–Crippen LogP) is 2.94. The highest BCUT2D eigenvalue weighted by Crippen LogP contribution is 2.25. The molecular formula is C22H20FN3O3S. The predicted molar refractivity (Wildman–Crippen MR) is 113 cm³/mol. The summed E-state index contributed by atoms with van der Waals surface area (Å²) in [5.74, 6) is -0.872. The van der Waals surface area contributed by atoms with E-state index in [0.717, 1.165) is 5.56 Å². The molecule has 0 bridgehead atoms. The summed E-state index contributed by atoms with van der Waals surface area (Å²) in [4.78, 5) is 42.6. The van der Waals surface area contributed by atoms with Gasteiger partial charge in [0.15, 0.2) is 0 Å². The number of fused-ring (bicyclic) bond motifs is 1. The molecule has 4 rings (SSSR count). The van der Waals surface area contributed by atoms with Crippen molar-refractivity contribution in [3.05, 3.63) is 85.7 Å². The first-order valence-electron chi connectivity index (χ1n) is 9.44. The smallest absolute Gasteiger partial charge is 0.268 e. The van der Waals surface area contributed by atoms with E-state index in [1.807, 2.05) is 11.4 Å². The zero-order valence-corrected chi connectivity index (χ0v) is 17.4. The van der Waals surface area contributed by atoms with E-state index in [1.165, 1.54) is 45.1 Å². The minimum absolute atomic E-state index is 0.0735. The van der Waals surface area contributed by atoms with Crippen molar-refractivity contribution in [2.45, 2.75) is 13.0 Å². The van der Waals surface area contributed by atoms with Gasteiger partial charge < -0.3 is 9.80 Å². The van der Waals surface area contributed by atoms with Crippen LogP contribution in [0.3, 0.4) is 0 Å². The Kier molecular flexibility index (Phi) is 5.26. The standard InChI is InChI=1S/C22H20FN3O3S/c1-24(2)21(28)19-17-9-10-25(20(27)18-4-3-11-30-18)12-14(17)13-26(22(19)29)16-7-5-15(23)6-8-16/h3-8,11,13H,9-10,12H2,1-2H3. The maximum Gasteiger partial charge on any atom is 0.268 e. The number of halogens is 1. The number of hydrogen-bond acceptors (Lipinski definition) is 4. The summed E-state index contributed by atoms with van der Waals surface area (Å²) in [7, 11) is 3.19. The first-order valence-corrected chi connectivity index (χ1v) is 10.3. The molecule has 3 heterocycles. The molecule has 3 aromatic rings. The van der Waals surface area contributed by atoms with Gasteiger partial charge in [0.2, 0.25) is 0 Å². The lowest BCUT2D eigenvalue weighted by Gasteiger charge is -2.30. The maximum atomic E-state index is 13.4. The summed E-state index contributed by atoms with van der Waals surface area (Å²) in [6.45, 7) is 0.721. The second-order valence-corrected chi connectivity index (χ2v) is 8.26. The number of thiophene rings is 1. The number of benzene rings is 1. The molecule has 0 saturated heterocycles. The van der Waals surface area contributed by atoms with Crippen molar-refractivity contribution in [2.75, 3.05) is 20.6 Å². The van der Waals surface area contributed by atoms with Crippen molar-refractivity contribution in [1.82, 2.24) is 14.4 Å². The van der Waals surface area contributed by atoms with Crippen LogP contribution in [0.4, 0.5) is 4.39 Å². The SMILES string of the molecule is CN(C)C(=O)c1c2c(cn(-c3ccc(F)cc3)c1=O)CN(C(=O)c1cccs1)CC2. The molecule has 2 aromatic heterocycles. The summed E-state index contributed by atoms with van der Waals surface area (Å²) in [6.07, 6.45) is 2.08. The molecule has 1 aromatic carbocycles. The molecule has 0 unspecified atom stereocenters. The van der Waals surface area contributed by atoms with Crippen molar-refractivity contribution < 1.29 is 14.0 Å². The molecule has 154 valence electrons. The molecule has 0 spiro atoms. The van der Waals surface area contributed by atoms with E-state index in [4.69, 9.17) is 0 Å².